The molecule has 0 amide bonds. The number of anilines is 1. The zero-order chi connectivity index (χ0) is 14.3. The largest absolute Gasteiger partial charge is 0.378 e. The molecule has 3 rings (SSSR count). The summed E-state index contributed by atoms with van der Waals surface area (Å²) in [5, 5.41) is 0. The highest BCUT2D eigenvalue weighted by Gasteiger charge is 2.23. The van der Waals surface area contributed by atoms with Gasteiger partial charge >= 0.3 is 0 Å². The van der Waals surface area contributed by atoms with E-state index in [2.05, 4.69) is 40.7 Å². The van der Waals surface area contributed by atoms with E-state index in [0.29, 0.717) is 6.42 Å². The third-order valence-electron chi connectivity index (χ3n) is 4.01. The molecule has 0 aliphatic heterocycles. The number of hydrogen-bond acceptors (Lipinski definition) is 2. The number of hydrogen-bond donors (Lipinski definition) is 0. The van der Waals surface area contributed by atoms with Gasteiger partial charge in [-0.2, -0.15) is 0 Å². The molecule has 104 valence electrons. The highest BCUT2D eigenvalue weighted by atomic mass is 16.1. The topological polar surface area (TPSA) is 25.2 Å². The van der Waals surface area contributed by atoms with Crippen LogP contribution in [-0.4, -0.2) is 24.4 Å². The van der Waals surface area contributed by atoms with Crippen LogP contribution in [0, 0.1) is 6.92 Å². The summed E-state index contributed by atoms with van der Waals surface area (Å²) in [5.74, 6) is 0.289. The second-order valence-corrected chi connectivity index (χ2v) is 5.67. The van der Waals surface area contributed by atoms with Crippen LogP contribution in [0.5, 0.6) is 0 Å². The molecule has 1 aliphatic carbocycles. The standard InChI is InChI=1S/C17H20N2O/c1-12-10-15-16(8-5-9-17(15)20)19(12)14-7-4-6-13(11-14)18(2)3/h4,6-7,10-11H,5,8-9H2,1-3H3. The first-order valence-corrected chi connectivity index (χ1v) is 7.10. The van der Waals surface area contributed by atoms with Crippen molar-refractivity contribution in [2.45, 2.75) is 26.2 Å². The zero-order valence-corrected chi connectivity index (χ0v) is 12.3. The van der Waals surface area contributed by atoms with Crippen molar-refractivity contribution in [1.29, 1.82) is 0 Å². The molecule has 20 heavy (non-hydrogen) atoms. The van der Waals surface area contributed by atoms with Gasteiger partial charge in [-0.3, -0.25) is 4.79 Å². The maximum Gasteiger partial charge on any atom is 0.164 e. The number of rotatable bonds is 2. The molecule has 0 unspecified atom stereocenters. The number of carbonyl (C=O) groups is 1. The molecule has 0 atom stereocenters. The number of aryl methyl sites for hydroxylation is 1. The van der Waals surface area contributed by atoms with Crippen molar-refractivity contribution in [1.82, 2.24) is 4.57 Å². The Hall–Kier alpha value is -2.03. The Balaban J connectivity index is 2.15. The fourth-order valence-corrected chi connectivity index (χ4v) is 3.00. The minimum atomic E-state index is 0.289. The molecule has 3 nitrogen and oxygen atoms in total. The van der Waals surface area contributed by atoms with Gasteiger partial charge in [0.15, 0.2) is 5.78 Å². The van der Waals surface area contributed by atoms with Crippen molar-refractivity contribution in [3.8, 4) is 5.69 Å². The number of Topliss-reactive ketones (excluding diaryl/α,β-unsaturated/α-hetero) is 1. The van der Waals surface area contributed by atoms with Crippen molar-refractivity contribution in [2.24, 2.45) is 0 Å². The molecule has 0 fully saturated rings. The average Bonchev–Trinajstić information content (AvgIpc) is 2.77. The predicted octanol–water partition coefficient (Wildman–Crippen LogP) is 3.37. The molecule has 0 spiro atoms. The second-order valence-electron chi connectivity index (χ2n) is 5.67. The molecule has 2 aromatic rings. The van der Waals surface area contributed by atoms with Crippen LogP contribution in [0.2, 0.25) is 0 Å². The summed E-state index contributed by atoms with van der Waals surface area (Å²) in [5.41, 5.74) is 5.55. The van der Waals surface area contributed by atoms with Crippen LogP contribution in [-0.2, 0) is 6.42 Å². The van der Waals surface area contributed by atoms with E-state index in [9.17, 15) is 4.79 Å². The van der Waals surface area contributed by atoms with Crippen LogP contribution in [0.15, 0.2) is 30.3 Å². The van der Waals surface area contributed by atoms with Crippen LogP contribution >= 0.6 is 0 Å². The summed E-state index contributed by atoms with van der Waals surface area (Å²) < 4.78 is 2.24. The molecule has 0 radical (unpaired) electrons. The van der Waals surface area contributed by atoms with E-state index < -0.39 is 0 Å². The quantitative estimate of drug-likeness (QED) is 0.834. The molecule has 1 aliphatic rings. The average molecular weight is 268 g/mol. The van der Waals surface area contributed by atoms with Crippen molar-refractivity contribution in [3.63, 3.8) is 0 Å². The van der Waals surface area contributed by atoms with Gasteiger partial charge in [0.25, 0.3) is 0 Å². The number of aromatic nitrogens is 1. The minimum absolute atomic E-state index is 0.289. The lowest BCUT2D eigenvalue weighted by atomic mass is 9.96. The van der Waals surface area contributed by atoms with Gasteiger partial charge in [0.05, 0.1) is 0 Å². The molecule has 0 N–H and O–H groups in total. The summed E-state index contributed by atoms with van der Waals surface area (Å²) in [6, 6.07) is 10.5. The Morgan fingerprint density at radius 1 is 1.15 bits per heavy atom. The smallest absolute Gasteiger partial charge is 0.164 e. The number of carbonyl (C=O) groups excluding carboxylic acids is 1. The van der Waals surface area contributed by atoms with Crippen molar-refractivity contribution < 1.29 is 4.79 Å². The Morgan fingerprint density at radius 2 is 1.95 bits per heavy atom. The summed E-state index contributed by atoms with van der Waals surface area (Å²) in [7, 11) is 4.08. The Bertz CT molecular complexity index is 668. The Kier molecular flexibility index (Phi) is 3.13. The minimum Gasteiger partial charge on any atom is -0.378 e. The molecule has 1 heterocycles. The first-order valence-electron chi connectivity index (χ1n) is 7.10. The van der Waals surface area contributed by atoms with Crippen LogP contribution < -0.4 is 4.90 Å². The van der Waals surface area contributed by atoms with E-state index in [1.165, 1.54) is 11.4 Å². The lowest BCUT2D eigenvalue weighted by molar-refractivity contribution is 0.0972. The third kappa shape index (κ3) is 2.03. The Labute approximate surface area is 119 Å². The van der Waals surface area contributed by atoms with E-state index in [1.807, 2.05) is 20.2 Å². The monoisotopic (exact) mass is 268 g/mol. The molecular formula is C17H20N2O. The number of ketones is 1. The molecule has 0 bridgehead atoms. The third-order valence-corrected chi connectivity index (χ3v) is 4.01. The molecule has 0 saturated carbocycles. The lowest BCUT2D eigenvalue weighted by Gasteiger charge is -2.18. The number of nitrogens with zero attached hydrogens (tertiary/aromatic N) is 2. The van der Waals surface area contributed by atoms with E-state index in [-0.39, 0.29) is 5.78 Å². The van der Waals surface area contributed by atoms with Gasteiger partial charge < -0.3 is 9.47 Å². The maximum atomic E-state index is 12.0. The summed E-state index contributed by atoms with van der Waals surface area (Å²) in [6.45, 7) is 2.08. The summed E-state index contributed by atoms with van der Waals surface area (Å²) >= 11 is 0. The van der Waals surface area contributed by atoms with Gasteiger partial charge in [0.2, 0.25) is 0 Å². The van der Waals surface area contributed by atoms with E-state index >= 15 is 0 Å². The summed E-state index contributed by atoms with van der Waals surface area (Å²) in [6.07, 6.45) is 2.64. The van der Waals surface area contributed by atoms with Crippen LogP contribution in [0.1, 0.15) is 34.6 Å². The van der Waals surface area contributed by atoms with Gasteiger partial charge in [-0.05, 0) is 44.0 Å². The molecule has 3 heteroatoms. The summed E-state index contributed by atoms with van der Waals surface area (Å²) in [4.78, 5) is 14.1. The molecule has 1 aromatic heterocycles. The number of fused-ring (bicyclic) bond motifs is 1. The Morgan fingerprint density at radius 3 is 2.70 bits per heavy atom. The first-order chi connectivity index (χ1) is 9.58. The lowest BCUT2D eigenvalue weighted by Crippen LogP contribution is -2.13. The van der Waals surface area contributed by atoms with Crippen molar-refractivity contribution in [2.75, 3.05) is 19.0 Å². The van der Waals surface area contributed by atoms with E-state index in [1.54, 1.807) is 0 Å². The van der Waals surface area contributed by atoms with Crippen LogP contribution in [0.4, 0.5) is 5.69 Å². The van der Waals surface area contributed by atoms with Crippen LogP contribution in [0.3, 0.4) is 0 Å². The van der Waals surface area contributed by atoms with Crippen LogP contribution in [0.25, 0.3) is 5.69 Å². The first kappa shape index (κ1) is 13.0. The fourth-order valence-electron chi connectivity index (χ4n) is 3.00. The van der Waals surface area contributed by atoms with Gasteiger partial charge in [-0.25, -0.2) is 0 Å². The maximum absolute atomic E-state index is 12.0. The highest BCUT2D eigenvalue weighted by Crippen LogP contribution is 2.29. The second kappa shape index (κ2) is 4.82. The van der Waals surface area contributed by atoms with Gasteiger partial charge in [-0.15, -0.1) is 0 Å². The molecule has 1 aromatic carbocycles. The normalized spacial score (nSPS) is 14.2. The SMILES string of the molecule is Cc1cc2c(n1-c1cccc(N(C)C)c1)CCCC2=O. The van der Waals surface area contributed by atoms with Gasteiger partial charge in [-0.1, -0.05) is 6.07 Å². The van der Waals surface area contributed by atoms with Gasteiger partial charge in [0.1, 0.15) is 0 Å². The number of benzene rings is 1. The molecular weight excluding hydrogens is 248 g/mol. The van der Waals surface area contributed by atoms with Crippen molar-refractivity contribution in [3.05, 3.63) is 47.3 Å². The molecule has 0 saturated heterocycles. The fraction of sp³-hybridized carbons (Fsp3) is 0.353. The van der Waals surface area contributed by atoms with Gasteiger partial charge in [0, 0.05) is 48.8 Å². The van der Waals surface area contributed by atoms with E-state index in [4.69, 9.17) is 0 Å². The highest BCUT2D eigenvalue weighted by molar-refractivity contribution is 5.98. The zero-order valence-electron chi connectivity index (χ0n) is 12.3. The van der Waals surface area contributed by atoms with E-state index in [0.717, 1.165) is 29.8 Å². The predicted molar refractivity (Wildman–Crippen MR) is 82.1 cm³/mol. The van der Waals surface area contributed by atoms with Crippen molar-refractivity contribution >= 4 is 11.5 Å².